The Labute approximate surface area is 102 Å². The Hall–Kier alpha value is -1.55. The number of rotatable bonds is 6. The molecule has 0 bridgehead atoms. The first-order valence-electron chi connectivity index (χ1n) is 5.77. The van der Waals surface area contributed by atoms with Crippen molar-refractivity contribution in [1.82, 2.24) is 4.90 Å². The van der Waals surface area contributed by atoms with Gasteiger partial charge in [0.15, 0.2) is 0 Å². The summed E-state index contributed by atoms with van der Waals surface area (Å²) in [6.45, 7) is 2.96. The number of carbonyl (C=O) groups excluding carboxylic acids is 1. The topological polar surface area (TPSA) is 49.8 Å². The molecule has 17 heavy (non-hydrogen) atoms. The van der Waals surface area contributed by atoms with Gasteiger partial charge in [-0.3, -0.25) is 4.79 Å². The highest BCUT2D eigenvalue weighted by atomic mass is 16.5. The van der Waals surface area contributed by atoms with Crippen LogP contribution in [0.1, 0.15) is 23.7 Å². The van der Waals surface area contributed by atoms with E-state index in [1.54, 1.807) is 30.2 Å². The van der Waals surface area contributed by atoms with E-state index in [0.29, 0.717) is 24.4 Å². The highest BCUT2D eigenvalue weighted by molar-refractivity contribution is 5.96. The minimum absolute atomic E-state index is 0.0269. The molecule has 0 unspecified atom stereocenters. The Kier molecular flexibility index (Phi) is 5.49. The van der Waals surface area contributed by atoms with Gasteiger partial charge in [-0.1, -0.05) is 19.1 Å². The van der Waals surface area contributed by atoms with E-state index in [2.05, 4.69) is 0 Å². The highest BCUT2D eigenvalue weighted by Gasteiger charge is 2.17. The first kappa shape index (κ1) is 13.5. The molecule has 0 spiro atoms. The summed E-state index contributed by atoms with van der Waals surface area (Å²) in [5, 5.41) is 8.96. The van der Waals surface area contributed by atoms with Crippen molar-refractivity contribution in [3.05, 3.63) is 29.8 Å². The SMILES string of the molecule is CCCN(CCO)C(=O)c1ccccc1OC. The van der Waals surface area contributed by atoms with E-state index >= 15 is 0 Å². The van der Waals surface area contributed by atoms with Crippen LogP contribution in [-0.4, -0.2) is 42.7 Å². The van der Waals surface area contributed by atoms with Gasteiger partial charge in [-0.25, -0.2) is 0 Å². The molecule has 1 aromatic carbocycles. The van der Waals surface area contributed by atoms with Crippen molar-refractivity contribution in [2.45, 2.75) is 13.3 Å². The van der Waals surface area contributed by atoms with Gasteiger partial charge >= 0.3 is 0 Å². The van der Waals surface area contributed by atoms with Gasteiger partial charge in [0.2, 0.25) is 0 Å². The third-order valence-corrected chi connectivity index (χ3v) is 2.49. The van der Waals surface area contributed by atoms with E-state index in [0.717, 1.165) is 6.42 Å². The number of methoxy groups -OCH3 is 1. The fourth-order valence-corrected chi connectivity index (χ4v) is 1.70. The number of aliphatic hydroxyl groups excluding tert-OH is 1. The molecule has 0 saturated heterocycles. The predicted molar refractivity (Wildman–Crippen MR) is 66.3 cm³/mol. The molecular weight excluding hydrogens is 218 g/mol. The molecule has 0 aliphatic carbocycles. The molecule has 1 aromatic rings. The number of nitrogens with zero attached hydrogens (tertiary/aromatic N) is 1. The number of ether oxygens (including phenoxy) is 1. The third-order valence-electron chi connectivity index (χ3n) is 2.49. The van der Waals surface area contributed by atoms with Gasteiger partial charge in [-0.2, -0.15) is 0 Å². The Balaban J connectivity index is 2.92. The standard InChI is InChI=1S/C13H19NO3/c1-3-8-14(9-10-15)13(16)11-6-4-5-7-12(11)17-2/h4-7,15H,3,8-10H2,1-2H3. The first-order chi connectivity index (χ1) is 8.24. The predicted octanol–water partition coefficient (Wildman–Crippen LogP) is 1.54. The molecule has 0 aromatic heterocycles. The summed E-state index contributed by atoms with van der Waals surface area (Å²) in [5.41, 5.74) is 0.539. The molecule has 0 aliphatic rings. The molecule has 1 amide bonds. The molecule has 1 rings (SSSR count). The van der Waals surface area contributed by atoms with E-state index < -0.39 is 0 Å². The number of benzene rings is 1. The van der Waals surface area contributed by atoms with Crippen LogP contribution in [0.3, 0.4) is 0 Å². The molecule has 0 radical (unpaired) electrons. The zero-order valence-electron chi connectivity index (χ0n) is 10.3. The van der Waals surface area contributed by atoms with Crippen LogP contribution in [0.4, 0.5) is 0 Å². The molecule has 0 saturated carbocycles. The molecule has 0 heterocycles. The zero-order chi connectivity index (χ0) is 12.7. The molecule has 0 aliphatic heterocycles. The molecule has 94 valence electrons. The number of amides is 1. The monoisotopic (exact) mass is 237 g/mol. The van der Waals surface area contributed by atoms with Crippen molar-refractivity contribution in [3.63, 3.8) is 0 Å². The van der Waals surface area contributed by atoms with Crippen LogP contribution in [0.25, 0.3) is 0 Å². The quantitative estimate of drug-likeness (QED) is 0.816. The van der Waals surface area contributed by atoms with Crippen molar-refractivity contribution in [3.8, 4) is 5.75 Å². The lowest BCUT2D eigenvalue weighted by Crippen LogP contribution is -2.34. The Morgan fingerprint density at radius 2 is 2.06 bits per heavy atom. The van der Waals surface area contributed by atoms with Crippen LogP contribution >= 0.6 is 0 Å². The van der Waals surface area contributed by atoms with Crippen molar-refractivity contribution in [1.29, 1.82) is 0 Å². The van der Waals surface area contributed by atoms with Crippen LogP contribution in [-0.2, 0) is 0 Å². The van der Waals surface area contributed by atoms with Gasteiger partial charge in [0.1, 0.15) is 5.75 Å². The minimum atomic E-state index is -0.0987. The summed E-state index contributed by atoms with van der Waals surface area (Å²) in [7, 11) is 1.54. The average molecular weight is 237 g/mol. The fraction of sp³-hybridized carbons (Fsp3) is 0.462. The lowest BCUT2D eigenvalue weighted by Gasteiger charge is -2.22. The van der Waals surface area contributed by atoms with Gasteiger partial charge in [0.25, 0.3) is 5.91 Å². The summed E-state index contributed by atoms with van der Waals surface area (Å²) in [4.78, 5) is 13.9. The largest absolute Gasteiger partial charge is 0.496 e. The smallest absolute Gasteiger partial charge is 0.257 e. The lowest BCUT2D eigenvalue weighted by molar-refractivity contribution is 0.0718. The molecule has 1 N–H and O–H groups in total. The molecule has 4 nitrogen and oxygen atoms in total. The van der Waals surface area contributed by atoms with Crippen molar-refractivity contribution in [2.24, 2.45) is 0 Å². The highest BCUT2D eigenvalue weighted by Crippen LogP contribution is 2.19. The van der Waals surface area contributed by atoms with Crippen LogP contribution in [0, 0.1) is 0 Å². The second-order valence-electron chi connectivity index (χ2n) is 3.72. The van der Waals surface area contributed by atoms with Crippen LogP contribution in [0.15, 0.2) is 24.3 Å². The summed E-state index contributed by atoms with van der Waals surface area (Å²) < 4.78 is 5.16. The van der Waals surface area contributed by atoms with Gasteiger partial charge in [-0.15, -0.1) is 0 Å². The lowest BCUT2D eigenvalue weighted by atomic mass is 10.1. The zero-order valence-corrected chi connectivity index (χ0v) is 10.3. The second kappa shape index (κ2) is 6.91. The fourth-order valence-electron chi connectivity index (χ4n) is 1.70. The van der Waals surface area contributed by atoms with Gasteiger partial charge in [-0.05, 0) is 18.6 Å². The number of hydrogen-bond acceptors (Lipinski definition) is 3. The number of aliphatic hydroxyl groups is 1. The van der Waals surface area contributed by atoms with Crippen molar-refractivity contribution >= 4 is 5.91 Å². The second-order valence-corrected chi connectivity index (χ2v) is 3.72. The molecule has 4 heteroatoms. The molecule has 0 fully saturated rings. The van der Waals surface area contributed by atoms with Gasteiger partial charge < -0.3 is 14.7 Å². The summed E-state index contributed by atoms with van der Waals surface area (Å²) in [6, 6.07) is 7.13. The number of carbonyl (C=O) groups is 1. The van der Waals surface area contributed by atoms with Crippen LogP contribution in [0.5, 0.6) is 5.75 Å². The van der Waals surface area contributed by atoms with Crippen LogP contribution < -0.4 is 4.74 Å². The number of para-hydroxylation sites is 1. The van der Waals surface area contributed by atoms with E-state index in [9.17, 15) is 4.79 Å². The Morgan fingerprint density at radius 1 is 1.35 bits per heavy atom. The van der Waals surface area contributed by atoms with E-state index in [1.165, 1.54) is 0 Å². The van der Waals surface area contributed by atoms with Gasteiger partial charge in [0, 0.05) is 13.1 Å². The van der Waals surface area contributed by atoms with Crippen LogP contribution in [0.2, 0.25) is 0 Å². The van der Waals surface area contributed by atoms with Crippen molar-refractivity contribution < 1.29 is 14.6 Å². The minimum Gasteiger partial charge on any atom is -0.496 e. The Morgan fingerprint density at radius 3 is 2.65 bits per heavy atom. The molecule has 0 atom stereocenters. The van der Waals surface area contributed by atoms with E-state index in [1.807, 2.05) is 13.0 Å². The third kappa shape index (κ3) is 3.46. The maximum atomic E-state index is 12.2. The summed E-state index contributed by atoms with van der Waals surface area (Å²) >= 11 is 0. The average Bonchev–Trinajstić information content (AvgIpc) is 2.37. The summed E-state index contributed by atoms with van der Waals surface area (Å²) in [5.74, 6) is 0.467. The number of hydrogen-bond donors (Lipinski definition) is 1. The Bertz CT molecular complexity index is 359. The first-order valence-corrected chi connectivity index (χ1v) is 5.77. The van der Waals surface area contributed by atoms with E-state index in [4.69, 9.17) is 9.84 Å². The molecular formula is C13H19NO3. The maximum Gasteiger partial charge on any atom is 0.257 e. The maximum absolute atomic E-state index is 12.2. The van der Waals surface area contributed by atoms with E-state index in [-0.39, 0.29) is 12.5 Å². The van der Waals surface area contributed by atoms with Crippen molar-refractivity contribution in [2.75, 3.05) is 26.8 Å². The summed E-state index contributed by atoms with van der Waals surface area (Å²) in [6.07, 6.45) is 0.862. The normalized spacial score (nSPS) is 10.1. The van der Waals surface area contributed by atoms with Gasteiger partial charge in [0.05, 0.1) is 19.3 Å².